The molecule has 5 heteroatoms. The third-order valence-electron chi connectivity index (χ3n) is 2.05. The first-order chi connectivity index (χ1) is 7.63. The molecule has 1 rings (SSSR count). The summed E-state index contributed by atoms with van der Waals surface area (Å²) in [7, 11) is 0. The van der Waals surface area contributed by atoms with E-state index >= 15 is 0 Å². The van der Waals surface area contributed by atoms with Crippen molar-refractivity contribution in [3.63, 3.8) is 0 Å². The number of nitrogens with two attached hydrogens (primary N) is 1. The molecule has 0 amide bonds. The summed E-state index contributed by atoms with van der Waals surface area (Å²) in [6, 6.07) is 9.06. The SMILES string of the molecule is N[C@H](CO)CC([Se]c1ccccc1)C(=O)O. The number of rotatable bonds is 6. The molecule has 0 spiro atoms. The number of hydrogen-bond acceptors (Lipinski definition) is 3. The molecule has 0 saturated carbocycles. The fourth-order valence-corrected chi connectivity index (χ4v) is 3.49. The number of aliphatic hydroxyl groups excluding tert-OH is 1. The number of aliphatic hydroxyl groups is 1. The zero-order chi connectivity index (χ0) is 12.0. The second-order valence-corrected chi connectivity index (χ2v) is 6.11. The fourth-order valence-electron chi connectivity index (χ4n) is 1.21. The Balaban J connectivity index is 2.62. The summed E-state index contributed by atoms with van der Waals surface area (Å²) in [5.74, 6) is -0.840. The standard InChI is InChI=1S/C11H15NO3Se/c12-8(7-13)6-10(11(14)15)16-9-4-2-1-3-5-9/h1-5,8,10,13H,6-7,12H2,(H,14,15)/t8-,10?/m0/s1. The molecule has 88 valence electrons. The van der Waals surface area contributed by atoms with Gasteiger partial charge in [-0.05, 0) is 0 Å². The van der Waals surface area contributed by atoms with Crippen LogP contribution in [0.1, 0.15) is 6.42 Å². The zero-order valence-corrected chi connectivity index (χ0v) is 10.5. The summed E-state index contributed by atoms with van der Waals surface area (Å²) in [5, 5.41) is 17.9. The number of aliphatic carboxylic acids is 1. The van der Waals surface area contributed by atoms with Crippen LogP contribution in [-0.4, -0.2) is 43.8 Å². The van der Waals surface area contributed by atoms with Crippen molar-refractivity contribution in [3.05, 3.63) is 30.3 Å². The molecular formula is C11H15NO3Se. The maximum absolute atomic E-state index is 11.0. The molecule has 0 bridgehead atoms. The zero-order valence-electron chi connectivity index (χ0n) is 8.74. The predicted molar refractivity (Wildman–Crippen MR) is 62.9 cm³/mol. The first-order valence-electron chi connectivity index (χ1n) is 4.94. The Bertz CT molecular complexity index is 331. The Kier molecular flexibility index (Phi) is 5.49. The Morgan fingerprint density at radius 2 is 2.00 bits per heavy atom. The molecule has 0 aliphatic rings. The minimum absolute atomic E-state index is 0.153. The molecule has 4 nitrogen and oxygen atoms in total. The van der Waals surface area contributed by atoms with E-state index in [9.17, 15) is 4.79 Å². The van der Waals surface area contributed by atoms with Gasteiger partial charge >= 0.3 is 100 Å². The van der Waals surface area contributed by atoms with Gasteiger partial charge in [0, 0.05) is 0 Å². The predicted octanol–water partition coefficient (Wildman–Crippen LogP) is -0.401. The summed E-state index contributed by atoms with van der Waals surface area (Å²) in [4.78, 5) is 10.6. The number of carbonyl (C=O) groups is 1. The van der Waals surface area contributed by atoms with Crippen LogP contribution in [0.4, 0.5) is 0 Å². The van der Waals surface area contributed by atoms with Gasteiger partial charge in [-0.2, -0.15) is 0 Å². The molecule has 0 aliphatic carbocycles. The summed E-state index contributed by atoms with van der Waals surface area (Å²) >= 11 is -0.153. The molecule has 1 aromatic carbocycles. The molecule has 1 aromatic rings. The molecule has 2 atom stereocenters. The van der Waals surface area contributed by atoms with Gasteiger partial charge in [0.1, 0.15) is 0 Å². The molecule has 16 heavy (non-hydrogen) atoms. The monoisotopic (exact) mass is 289 g/mol. The van der Waals surface area contributed by atoms with Crippen molar-refractivity contribution in [2.24, 2.45) is 5.73 Å². The van der Waals surface area contributed by atoms with Gasteiger partial charge in [-0.25, -0.2) is 0 Å². The van der Waals surface area contributed by atoms with Crippen LogP contribution in [0.3, 0.4) is 0 Å². The van der Waals surface area contributed by atoms with Crippen LogP contribution in [0.5, 0.6) is 0 Å². The number of carboxylic acids is 1. The molecule has 0 radical (unpaired) electrons. The normalized spacial score (nSPS) is 14.4. The summed E-state index contributed by atoms with van der Waals surface area (Å²) in [5.41, 5.74) is 5.56. The van der Waals surface area contributed by atoms with Gasteiger partial charge < -0.3 is 0 Å². The molecule has 4 N–H and O–H groups in total. The second kappa shape index (κ2) is 6.66. The van der Waals surface area contributed by atoms with E-state index in [1.807, 2.05) is 30.3 Å². The van der Waals surface area contributed by atoms with Crippen molar-refractivity contribution >= 4 is 25.4 Å². The molecule has 1 unspecified atom stereocenters. The van der Waals surface area contributed by atoms with E-state index in [1.54, 1.807) is 0 Å². The van der Waals surface area contributed by atoms with E-state index in [0.29, 0.717) is 6.42 Å². The Hall–Kier alpha value is -0.871. The maximum atomic E-state index is 11.0. The van der Waals surface area contributed by atoms with Crippen LogP contribution < -0.4 is 10.2 Å². The van der Waals surface area contributed by atoms with Crippen LogP contribution in [0, 0.1) is 0 Å². The summed E-state index contributed by atoms with van der Waals surface area (Å²) in [6.07, 6.45) is 0.320. The van der Waals surface area contributed by atoms with Crippen molar-refractivity contribution in [1.82, 2.24) is 0 Å². The van der Waals surface area contributed by atoms with Crippen molar-refractivity contribution in [2.75, 3.05) is 6.61 Å². The van der Waals surface area contributed by atoms with Gasteiger partial charge in [-0.15, -0.1) is 0 Å². The number of hydrogen-bond donors (Lipinski definition) is 3. The van der Waals surface area contributed by atoms with E-state index in [4.69, 9.17) is 15.9 Å². The average Bonchev–Trinajstić information content (AvgIpc) is 2.29. The molecule has 0 aromatic heterocycles. The van der Waals surface area contributed by atoms with Crippen molar-refractivity contribution in [2.45, 2.75) is 17.3 Å². The van der Waals surface area contributed by atoms with E-state index in [2.05, 4.69) is 0 Å². The van der Waals surface area contributed by atoms with Crippen molar-refractivity contribution in [3.8, 4) is 0 Å². The Labute approximate surface area is 101 Å². The van der Waals surface area contributed by atoms with Crippen molar-refractivity contribution < 1.29 is 15.0 Å². The third-order valence-corrected chi connectivity index (χ3v) is 4.61. The van der Waals surface area contributed by atoms with E-state index in [-0.39, 0.29) is 21.6 Å². The summed E-state index contributed by atoms with van der Waals surface area (Å²) in [6.45, 7) is -0.172. The average molecular weight is 288 g/mol. The molecule has 0 fully saturated rings. The van der Waals surface area contributed by atoms with Gasteiger partial charge in [0.25, 0.3) is 0 Å². The topological polar surface area (TPSA) is 83.5 Å². The van der Waals surface area contributed by atoms with Crippen LogP contribution in [-0.2, 0) is 4.79 Å². The van der Waals surface area contributed by atoms with Crippen LogP contribution >= 0.6 is 0 Å². The first-order valence-corrected chi connectivity index (χ1v) is 6.79. The van der Waals surface area contributed by atoms with E-state index in [1.165, 1.54) is 0 Å². The van der Waals surface area contributed by atoms with Crippen LogP contribution in [0.15, 0.2) is 30.3 Å². The molecule has 0 saturated heterocycles. The molecule has 0 heterocycles. The number of carboxylic acid groups (broad SMARTS) is 1. The quantitative estimate of drug-likeness (QED) is 0.622. The molecular weight excluding hydrogens is 273 g/mol. The number of benzene rings is 1. The Morgan fingerprint density at radius 1 is 1.38 bits per heavy atom. The summed E-state index contributed by atoms with van der Waals surface area (Å²) < 4.78 is 1.03. The van der Waals surface area contributed by atoms with Gasteiger partial charge in [0.05, 0.1) is 0 Å². The van der Waals surface area contributed by atoms with Crippen molar-refractivity contribution in [1.29, 1.82) is 0 Å². The first kappa shape index (κ1) is 13.2. The van der Waals surface area contributed by atoms with Gasteiger partial charge in [0.2, 0.25) is 0 Å². The van der Waals surface area contributed by atoms with Crippen LogP contribution in [0.2, 0.25) is 4.82 Å². The molecule has 0 aliphatic heterocycles. The van der Waals surface area contributed by atoms with Gasteiger partial charge in [0.15, 0.2) is 0 Å². The van der Waals surface area contributed by atoms with E-state index < -0.39 is 16.8 Å². The fraction of sp³-hybridized carbons (Fsp3) is 0.364. The Morgan fingerprint density at radius 3 is 2.50 bits per heavy atom. The third kappa shape index (κ3) is 4.33. The van der Waals surface area contributed by atoms with E-state index in [0.717, 1.165) is 4.46 Å². The second-order valence-electron chi connectivity index (χ2n) is 3.44. The van der Waals surface area contributed by atoms with Gasteiger partial charge in [-0.3, -0.25) is 0 Å². The minimum atomic E-state index is -0.840. The van der Waals surface area contributed by atoms with Crippen LogP contribution in [0.25, 0.3) is 0 Å². The van der Waals surface area contributed by atoms with Gasteiger partial charge in [-0.1, -0.05) is 0 Å².